The van der Waals surface area contributed by atoms with Crippen molar-refractivity contribution in [2.24, 2.45) is 10.9 Å². The number of para-hydroxylation sites is 1. The van der Waals surface area contributed by atoms with Crippen LogP contribution in [-0.2, 0) is 20.6 Å². The van der Waals surface area contributed by atoms with Crippen LogP contribution in [0.2, 0.25) is 0 Å². The molecule has 2 aromatic carbocycles. The number of anilines is 1. The highest BCUT2D eigenvalue weighted by molar-refractivity contribution is 6.20. The van der Waals surface area contributed by atoms with E-state index in [1.165, 1.54) is 24.1 Å². The van der Waals surface area contributed by atoms with E-state index in [-0.39, 0.29) is 18.1 Å². The second kappa shape index (κ2) is 11.4. The molecule has 0 aromatic heterocycles. The molecule has 2 atom stereocenters. The number of likely N-dealkylation sites (N-methyl/N-ethyl adjacent to an activating group) is 1. The molecule has 3 N–H and O–H groups in total. The van der Waals surface area contributed by atoms with Crippen molar-refractivity contribution in [1.82, 2.24) is 10.6 Å². The van der Waals surface area contributed by atoms with Crippen molar-refractivity contribution >= 4 is 29.1 Å². The molecule has 2 aromatic rings. The van der Waals surface area contributed by atoms with Gasteiger partial charge in [0.15, 0.2) is 0 Å². The molecule has 3 amide bonds. The molecule has 1 aliphatic heterocycles. The van der Waals surface area contributed by atoms with Crippen molar-refractivity contribution in [2.45, 2.75) is 69.9 Å². The number of alkyl halides is 3. The number of benzodiazepines with no additional fused rings is 1. The van der Waals surface area contributed by atoms with Gasteiger partial charge in [0.25, 0.3) is 5.91 Å². The number of hydrogen-bond acceptors (Lipinski definition) is 5. The molecular formula is C29H33F3N4O4. The molecule has 214 valence electrons. The van der Waals surface area contributed by atoms with Gasteiger partial charge in [0.2, 0.25) is 18.0 Å². The van der Waals surface area contributed by atoms with Crippen LogP contribution in [0, 0.1) is 5.92 Å². The van der Waals surface area contributed by atoms with Gasteiger partial charge < -0.3 is 20.6 Å². The van der Waals surface area contributed by atoms with Gasteiger partial charge >= 0.3 is 6.18 Å². The van der Waals surface area contributed by atoms with E-state index in [4.69, 9.17) is 0 Å². The number of aliphatic hydroxyl groups is 1. The molecule has 11 heteroatoms. The van der Waals surface area contributed by atoms with Crippen LogP contribution in [0.15, 0.2) is 53.5 Å². The summed E-state index contributed by atoms with van der Waals surface area (Å²) in [5, 5.41) is 15.7. The van der Waals surface area contributed by atoms with Crippen LogP contribution in [-0.4, -0.2) is 53.4 Å². The molecule has 8 nitrogen and oxygen atoms in total. The molecule has 0 bridgehead atoms. The van der Waals surface area contributed by atoms with Gasteiger partial charge in [-0.3, -0.25) is 14.4 Å². The van der Waals surface area contributed by atoms with Gasteiger partial charge in [-0.2, -0.15) is 13.2 Å². The highest BCUT2D eigenvalue weighted by Crippen LogP contribution is 2.33. The molecule has 40 heavy (non-hydrogen) atoms. The van der Waals surface area contributed by atoms with Gasteiger partial charge in [-0.15, -0.1) is 0 Å². The largest absolute Gasteiger partial charge is 0.416 e. The third kappa shape index (κ3) is 6.04. The van der Waals surface area contributed by atoms with Crippen LogP contribution < -0.4 is 15.5 Å². The zero-order valence-electron chi connectivity index (χ0n) is 22.6. The number of aliphatic imine (C=N–C) groups is 1. The fraction of sp³-hybridized carbons (Fsp3) is 0.448. The van der Waals surface area contributed by atoms with Gasteiger partial charge in [0.05, 0.1) is 17.0 Å². The summed E-state index contributed by atoms with van der Waals surface area (Å²) in [6.07, 6.45) is -5.00. The van der Waals surface area contributed by atoms with Crippen molar-refractivity contribution in [2.75, 3.05) is 11.9 Å². The highest BCUT2D eigenvalue weighted by Gasteiger charge is 2.45. The van der Waals surface area contributed by atoms with Crippen LogP contribution in [0.3, 0.4) is 0 Å². The van der Waals surface area contributed by atoms with Gasteiger partial charge in [-0.05, 0) is 43.4 Å². The van der Waals surface area contributed by atoms with E-state index in [0.29, 0.717) is 42.5 Å². The lowest BCUT2D eigenvalue weighted by Crippen LogP contribution is -2.61. The summed E-state index contributed by atoms with van der Waals surface area (Å²) in [7, 11) is 1.53. The second-order valence-electron chi connectivity index (χ2n) is 10.8. The summed E-state index contributed by atoms with van der Waals surface area (Å²) in [6.45, 7) is 3.74. The molecule has 2 unspecified atom stereocenters. The third-order valence-corrected chi connectivity index (χ3v) is 7.35. The monoisotopic (exact) mass is 558 g/mol. The summed E-state index contributed by atoms with van der Waals surface area (Å²) in [4.78, 5) is 45.8. The summed E-state index contributed by atoms with van der Waals surface area (Å²) in [5.74, 6) is -1.75. The minimum Gasteiger partial charge on any atom is -0.383 e. The van der Waals surface area contributed by atoms with Gasteiger partial charge in [-0.1, -0.05) is 57.0 Å². The lowest BCUT2D eigenvalue weighted by molar-refractivity contribution is -0.139. The number of hydrogen-bond donors (Lipinski definition) is 3. The molecule has 0 saturated heterocycles. The number of halogens is 3. The standard InChI is InChI=1S/C29H33F3N4O4/c1-17(2)16-22(37)25(38)35-28(14-6-7-15-28)27(40)34-24-26(39)36(3)21-9-5-4-8-20(21)23(33-24)18-10-12-19(13-11-18)29(30,31)32/h4-5,8-13,17,22,24,37H,6-7,14-16H2,1-3H3,(H,34,40)(H,35,38). The highest BCUT2D eigenvalue weighted by atomic mass is 19.4. The lowest BCUT2D eigenvalue weighted by atomic mass is 9.94. The van der Waals surface area contributed by atoms with Crippen LogP contribution in [0.5, 0.6) is 0 Å². The Labute approximate surface area is 230 Å². The first-order valence-electron chi connectivity index (χ1n) is 13.3. The Balaban J connectivity index is 1.69. The van der Waals surface area contributed by atoms with E-state index in [1.54, 1.807) is 24.3 Å². The predicted octanol–water partition coefficient (Wildman–Crippen LogP) is 3.80. The minimum absolute atomic E-state index is 0.0628. The Hall–Kier alpha value is -3.73. The maximum atomic E-state index is 13.7. The third-order valence-electron chi connectivity index (χ3n) is 7.35. The molecule has 1 heterocycles. The number of rotatable bonds is 7. The van der Waals surface area contributed by atoms with E-state index in [2.05, 4.69) is 15.6 Å². The summed E-state index contributed by atoms with van der Waals surface area (Å²) in [6, 6.07) is 11.3. The van der Waals surface area contributed by atoms with Gasteiger partial charge in [0.1, 0.15) is 11.6 Å². The number of nitrogens with zero attached hydrogens (tertiary/aromatic N) is 2. The summed E-state index contributed by atoms with van der Waals surface area (Å²) < 4.78 is 39.6. The number of aliphatic hydroxyl groups excluding tert-OH is 1. The van der Waals surface area contributed by atoms with E-state index in [1.807, 2.05) is 13.8 Å². The predicted molar refractivity (Wildman–Crippen MR) is 144 cm³/mol. The number of nitrogens with one attached hydrogen (secondary N) is 2. The number of benzene rings is 2. The van der Waals surface area contributed by atoms with Crippen molar-refractivity contribution in [3.8, 4) is 0 Å². The van der Waals surface area contributed by atoms with E-state index < -0.39 is 47.3 Å². The average molecular weight is 559 g/mol. The zero-order valence-corrected chi connectivity index (χ0v) is 22.6. The fourth-order valence-electron chi connectivity index (χ4n) is 5.19. The van der Waals surface area contributed by atoms with Crippen molar-refractivity contribution in [1.29, 1.82) is 0 Å². The quantitative estimate of drug-likeness (QED) is 0.480. The lowest BCUT2D eigenvalue weighted by Gasteiger charge is -2.31. The first kappa shape index (κ1) is 29.3. The maximum Gasteiger partial charge on any atom is 0.416 e. The summed E-state index contributed by atoms with van der Waals surface area (Å²) in [5.41, 5.74) is -0.584. The Bertz CT molecular complexity index is 1300. The maximum absolute atomic E-state index is 13.7. The Kier molecular flexibility index (Phi) is 8.34. The first-order valence-corrected chi connectivity index (χ1v) is 13.3. The Morgan fingerprint density at radius 3 is 2.33 bits per heavy atom. The van der Waals surface area contributed by atoms with Gasteiger partial charge in [-0.25, -0.2) is 4.99 Å². The molecular weight excluding hydrogens is 525 g/mol. The van der Waals surface area contributed by atoms with Crippen molar-refractivity contribution in [3.63, 3.8) is 0 Å². The van der Waals surface area contributed by atoms with Gasteiger partial charge in [0, 0.05) is 18.2 Å². The number of carbonyl (C=O) groups excluding carboxylic acids is 3. The van der Waals surface area contributed by atoms with Crippen molar-refractivity contribution in [3.05, 3.63) is 65.2 Å². The van der Waals surface area contributed by atoms with Crippen LogP contribution in [0.4, 0.5) is 18.9 Å². The fourth-order valence-corrected chi connectivity index (χ4v) is 5.19. The SMILES string of the molecule is CC(C)CC(O)C(=O)NC1(C(=O)NC2N=C(c3ccc(C(F)(F)F)cc3)c3ccccc3N(C)C2=O)CCCC1. The van der Waals surface area contributed by atoms with Crippen LogP contribution in [0.1, 0.15) is 62.6 Å². The molecule has 1 saturated carbocycles. The van der Waals surface area contributed by atoms with E-state index in [9.17, 15) is 32.7 Å². The molecule has 4 rings (SSSR count). The second-order valence-corrected chi connectivity index (χ2v) is 10.8. The molecule has 0 radical (unpaired) electrons. The van der Waals surface area contributed by atoms with Crippen LogP contribution in [0.25, 0.3) is 0 Å². The minimum atomic E-state index is -4.52. The smallest absolute Gasteiger partial charge is 0.383 e. The van der Waals surface area contributed by atoms with E-state index in [0.717, 1.165) is 12.1 Å². The first-order chi connectivity index (χ1) is 18.8. The topological polar surface area (TPSA) is 111 Å². The van der Waals surface area contributed by atoms with E-state index >= 15 is 0 Å². The number of carbonyl (C=O) groups is 3. The van der Waals surface area contributed by atoms with Crippen molar-refractivity contribution < 1.29 is 32.7 Å². The molecule has 2 aliphatic rings. The Morgan fingerprint density at radius 1 is 1.10 bits per heavy atom. The molecule has 1 aliphatic carbocycles. The molecule has 1 fully saturated rings. The zero-order chi connectivity index (χ0) is 29.2. The summed E-state index contributed by atoms with van der Waals surface area (Å²) >= 11 is 0. The molecule has 0 spiro atoms. The normalized spacial score (nSPS) is 19.5. The van der Waals surface area contributed by atoms with Crippen LogP contribution >= 0.6 is 0 Å². The average Bonchev–Trinajstić information content (AvgIpc) is 3.35. The number of amides is 3. The number of fused-ring (bicyclic) bond motifs is 1. The Morgan fingerprint density at radius 2 is 1.73 bits per heavy atom.